The number of amides is 1. The number of aromatic hydroxyl groups is 1. The van der Waals surface area contributed by atoms with Gasteiger partial charge in [-0.15, -0.1) is 0 Å². The van der Waals surface area contributed by atoms with Gasteiger partial charge in [-0.25, -0.2) is 0 Å². The van der Waals surface area contributed by atoms with Crippen molar-refractivity contribution in [2.45, 2.75) is 26.5 Å². The number of benzene rings is 1. The van der Waals surface area contributed by atoms with Gasteiger partial charge in [-0.1, -0.05) is 12.1 Å². The summed E-state index contributed by atoms with van der Waals surface area (Å²) < 4.78 is 6.74. The van der Waals surface area contributed by atoms with Crippen LogP contribution in [-0.2, 0) is 29.1 Å². The number of anilines is 1. The fraction of sp³-hybridized carbons (Fsp3) is 0.294. The molecular weight excluding hydrogens is 296 g/mol. The van der Waals surface area contributed by atoms with Crippen LogP contribution in [0.2, 0.25) is 0 Å². The Morgan fingerprint density at radius 3 is 3.00 bits per heavy atom. The molecule has 1 aromatic heterocycles. The molecule has 2 aromatic rings. The zero-order valence-electron chi connectivity index (χ0n) is 12.8. The van der Waals surface area contributed by atoms with Crippen LogP contribution in [0.5, 0.6) is 5.75 Å². The summed E-state index contributed by atoms with van der Waals surface area (Å²) in [4.78, 5) is 24.2. The molecule has 1 aliphatic rings. The van der Waals surface area contributed by atoms with Gasteiger partial charge >= 0.3 is 0 Å². The lowest BCUT2D eigenvalue weighted by molar-refractivity contribution is -0.116. The number of ether oxygens (including phenoxy) is 1. The van der Waals surface area contributed by atoms with Crippen LogP contribution in [0.25, 0.3) is 0 Å². The zero-order chi connectivity index (χ0) is 16.4. The molecule has 1 amide bonds. The van der Waals surface area contributed by atoms with Gasteiger partial charge in [-0.2, -0.15) is 0 Å². The third-order valence-corrected chi connectivity index (χ3v) is 3.92. The van der Waals surface area contributed by atoms with E-state index in [4.69, 9.17) is 4.74 Å². The number of hydrogen-bond donors (Lipinski definition) is 2. The van der Waals surface area contributed by atoms with E-state index in [-0.39, 0.29) is 18.2 Å². The summed E-state index contributed by atoms with van der Waals surface area (Å²) in [6.45, 7) is 2.77. The van der Waals surface area contributed by atoms with E-state index in [1.807, 2.05) is 18.2 Å². The maximum atomic E-state index is 12.3. The van der Waals surface area contributed by atoms with Crippen molar-refractivity contribution >= 4 is 11.6 Å². The van der Waals surface area contributed by atoms with E-state index in [0.29, 0.717) is 18.9 Å². The Morgan fingerprint density at radius 1 is 1.39 bits per heavy atom. The van der Waals surface area contributed by atoms with Crippen molar-refractivity contribution in [1.82, 2.24) is 4.57 Å². The SMILES string of the molecule is Cc1cc(O)cc(=O)n1CC(=O)Nc1cccc2c1CCOC2. The number of carbonyl (C=O) groups is 1. The molecule has 2 N–H and O–H groups in total. The second-order valence-corrected chi connectivity index (χ2v) is 5.57. The minimum atomic E-state index is -0.402. The average molecular weight is 314 g/mol. The summed E-state index contributed by atoms with van der Waals surface area (Å²) in [5.74, 6) is -0.373. The van der Waals surface area contributed by atoms with E-state index >= 15 is 0 Å². The molecule has 0 atom stereocenters. The second kappa shape index (κ2) is 6.26. The van der Waals surface area contributed by atoms with Crippen molar-refractivity contribution in [3.05, 3.63) is 57.5 Å². The smallest absolute Gasteiger partial charge is 0.254 e. The number of pyridine rings is 1. The number of carbonyl (C=O) groups excluding carboxylic acids is 1. The molecule has 1 aromatic carbocycles. The van der Waals surface area contributed by atoms with Gasteiger partial charge in [0.2, 0.25) is 5.91 Å². The monoisotopic (exact) mass is 314 g/mol. The highest BCUT2D eigenvalue weighted by Crippen LogP contribution is 2.24. The predicted molar refractivity (Wildman–Crippen MR) is 85.5 cm³/mol. The number of rotatable bonds is 3. The van der Waals surface area contributed by atoms with E-state index < -0.39 is 5.56 Å². The minimum Gasteiger partial charge on any atom is -0.508 e. The lowest BCUT2D eigenvalue weighted by Gasteiger charge is -2.20. The zero-order valence-corrected chi connectivity index (χ0v) is 12.8. The first-order valence-electron chi connectivity index (χ1n) is 7.43. The summed E-state index contributed by atoms with van der Waals surface area (Å²) in [5, 5.41) is 12.3. The molecule has 1 aliphatic heterocycles. The van der Waals surface area contributed by atoms with Gasteiger partial charge in [0.1, 0.15) is 12.3 Å². The molecule has 0 saturated carbocycles. The molecule has 0 fully saturated rings. The molecule has 0 bridgehead atoms. The van der Waals surface area contributed by atoms with Gasteiger partial charge in [0, 0.05) is 17.4 Å². The molecule has 0 aliphatic carbocycles. The molecule has 6 heteroatoms. The van der Waals surface area contributed by atoms with Crippen LogP contribution in [0.1, 0.15) is 16.8 Å². The molecule has 3 rings (SSSR count). The van der Waals surface area contributed by atoms with E-state index in [1.54, 1.807) is 6.92 Å². The summed E-state index contributed by atoms with van der Waals surface area (Å²) >= 11 is 0. The van der Waals surface area contributed by atoms with Crippen molar-refractivity contribution in [2.24, 2.45) is 0 Å². The molecule has 0 unspecified atom stereocenters. The Balaban J connectivity index is 1.80. The maximum absolute atomic E-state index is 12.3. The van der Waals surface area contributed by atoms with Crippen molar-refractivity contribution < 1.29 is 14.6 Å². The number of fused-ring (bicyclic) bond motifs is 1. The van der Waals surface area contributed by atoms with Gasteiger partial charge in [-0.05, 0) is 36.6 Å². The normalized spacial score (nSPS) is 13.4. The Kier molecular flexibility index (Phi) is 4.16. The quantitative estimate of drug-likeness (QED) is 0.901. The van der Waals surface area contributed by atoms with Gasteiger partial charge < -0.3 is 19.7 Å². The summed E-state index contributed by atoms with van der Waals surface area (Å²) in [5.41, 5.74) is 3.06. The lowest BCUT2D eigenvalue weighted by Crippen LogP contribution is -2.29. The molecule has 0 radical (unpaired) electrons. The van der Waals surface area contributed by atoms with Gasteiger partial charge in [0.05, 0.1) is 13.2 Å². The number of hydrogen-bond acceptors (Lipinski definition) is 4. The van der Waals surface area contributed by atoms with Crippen LogP contribution in [0.15, 0.2) is 35.1 Å². The average Bonchev–Trinajstić information content (AvgIpc) is 2.51. The van der Waals surface area contributed by atoms with Crippen LogP contribution >= 0.6 is 0 Å². The highest BCUT2D eigenvalue weighted by Gasteiger charge is 2.15. The number of aromatic nitrogens is 1. The maximum Gasteiger partial charge on any atom is 0.254 e. The van der Waals surface area contributed by atoms with Gasteiger partial charge in [0.15, 0.2) is 0 Å². The third kappa shape index (κ3) is 3.27. The van der Waals surface area contributed by atoms with Crippen molar-refractivity contribution in [3.8, 4) is 5.75 Å². The van der Waals surface area contributed by atoms with Crippen LogP contribution in [0, 0.1) is 6.92 Å². The first-order valence-corrected chi connectivity index (χ1v) is 7.43. The summed E-state index contributed by atoms with van der Waals surface area (Å²) in [6.07, 6.45) is 0.754. The first-order chi connectivity index (χ1) is 11.0. The topological polar surface area (TPSA) is 80.6 Å². The molecule has 120 valence electrons. The van der Waals surface area contributed by atoms with Crippen LogP contribution in [0.3, 0.4) is 0 Å². The summed E-state index contributed by atoms with van der Waals surface area (Å²) in [7, 11) is 0. The molecule has 0 spiro atoms. The second-order valence-electron chi connectivity index (χ2n) is 5.57. The highest BCUT2D eigenvalue weighted by molar-refractivity contribution is 5.91. The Hall–Kier alpha value is -2.60. The van der Waals surface area contributed by atoms with Crippen molar-refractivity contribution in [2.75, 3.05) is 11.9 Å². The third-order valence-electron chi connectivity index (χ3n) is 3.92. The van der Waals surface area contributed by atoms with Crippen molar-refractivity contribution in [3.63, 3.8) is 0 Å². The van der Waals surface area contributed by atoms with Crippen LogP contribution < -0.4 is 10.9 Å². The Bertz CT molecular complexity index is 811. The Morgan fingerprint density at radius 2 is 2.22 bits per heavy atom. The van der Waals surface area contributed by atoms with E-state index in [0.717, 1.165) is 29.3 Å². The lowest BCUT2D eigenvalue weighted by atomic mass is 10.0. The largest absolute Gasteiger partial charge is 0.508 e. The molecule has 2 heterocycles. The van der Waals surface area contributed by atoms with Crippen LogP contribution in [-0.4, -0.2) is 22.2 Å². The van der Waals surface area contributed by atoms with Crippen LogP contribution in [0.4, 0.5) is 5.69 Å². The fourth-order valence-electron chi connectivity index (χ4n) is 2.79. The standard InChI is InChI=1S/C17H18N2O4/c1-11-7-13(20)8-17(22)19(11)9-16(21)18-15-4-2-3-12-10-23-6-5-14(12)15/h2-4,7-8,20H,5-6,9-10H2,1H3,(H,18,21). The summed E-state index contributed by atoms with van der Waals surface area (Å²) in [6, 6.07) is 8.27. The fourth-order valence-corrected chi connectivity index (χ4v) is 2.79. The van der Waals surface area contributed by atoms with E-state index in [1.165, 1.54) is 10.6 Å². The number of aryl methyl sites for hydroxylation is 1. The van der Waals surface area contributed by atoms with E-state index in [9.17, 15) is 14.7 Å². The number of nitrogens with zero attached hydrogens (tertiary/aromatic N) is 1. The molecule has 6 nitrogen and oxygen atoms in total. The Labute approximate surface area is 133 Å². The van der Waals surface area contributed by atoms with E-state index in [2.05, 4.69) is 5.32 Å². The minimum absolute atomic E-state index is 0.0921. The van der Waals surface area contributed by atoms with Crippen molar-refractivity contribution in [1.29, 1.82) is 0 Å². The van der Waals surface area contributed by atoms with Gasteiger partial charge in [0.25, 0.3) is 5.56 Å². The predicted octanol–water partition coefficient (Wildman–Crippen LogP) is 1.57. The first kappa shape index (κ1) is 15.3. The number of nitrogens with one attached hydrogen (secondary N) is 1. The molecule has 0 saturated heterocycles. The molecular formula is C17H18N2O4. The highest BCUT2D eigenvalue weighted by atomic mass is 16.5. The van der Waals surface area contributed by atoms with Gasteiger partial charge in [-0.3, -0.25) is 9.59 Å². The molecule has 23 heavy (non-hydrogen) atoms.